The molecule has 0 aliphatic heterocycles. The molecule has 1 amide bonds. The number of methoxy groups -OCH3 is 1. The van der Waals surface area contributed by atoms with E-state index in [1.165, 1.54) is 18.4 Å². The normalized spacial score (nSPS) is 11.0. The maximum absolute atomic E-state index is 13.3. The number of ether oxygens (including phenoxy) is 1. The molecule has 1 aromatic carbocycles. The van der Waals surface area contributed by atoms with Gasteiger partial charge in [-0.1, -0.05) is 25.1 Å². The molecule has 2 heterocycles. The Bertz CT molecular complexity index is 1180. The fraction of sp³-hybridized carbons (Fsp3) is 0.391. The van der Waals surface area contributed by atoms with Gasteiger partial charge in [0, 0.05) is 25.1 Å². The number of amides is 1. The first kappa shape index (κ1) is 22.7. The summed E-state index contributed by atoms with van der Waals surface area (Å²) in [6, 6.07) is 7.56. The number of hydrogen-bond acceptors (Lipinski definition) is 6. The van der Waals surface area contributed by atoms with Crippen molar-refractivity contribution >= 4 is 39.1 Å². The van der Waals surface area contributed by atoms with Gasteiger partial charge in [0.05, 0.1) is 17.4 Å². The average molecular weight is 442 g/mol. The van der Waals surface area contributed by atoms with Crippen molar-refractivity contribution in [2.45, 2.75) is 53.0 Å². The van der Waals surface area contributed by atoms with Crippen LogP contribution in [0.1, 0.15) is 52.8 Å². The van der Waals surface area contributed by atoms with Crippen LogP contribution in [0.25, 0.3) is 10.2 Å². The molecule has 3 rings (SSSR count). The van der Waals surface area contributed by atoms with E-state index in [2.05, 4.69) is 10.1 Å². The molecule has 8 heteroatoms. The van der Waals surface area contributed by atoms with E-state index < -0.39 is 0 Å². The summed E-state index contributed by atoms with van der Waals surface area (Å²) >= 11 is 1.24. The molecule has 0 radical (unpaired) electrons. The Morgan fingerprint density at radius 1 is 1.23 bits per heavy atom. The van der Waals surface area contributed by atoms with Crippen LogP contribution >= 0.6 is 11.3 Å². The number of aryl methyl sites for hydroxylation is 3. The predicted molar refractivity (Wildman–Crippen MR) is 123 cm³/mol. The zero-order valence-corrected chi connectivity index (χ0v) is 19.1. The molecule has 0 aliphatic carbocycles. The number of fused-ring (bicyclic) bond motifs is 1. The van der Waals surface area contributed by atoms with Crippen molar-refractivity contribution in [1.29, 1.82) is 0 Å². The molecule has 1 N–H and O–H groups in total. The summed E-state index contributed by atoms with van der Waals surface area (Å²) in [6.45, 7) is 6.12. The van der Waals surface area contributed by atoms with Crippen molar-refractivity contribution < 1.29 is 14.3 Å². The Morgan fingerprint density at radius 2 is 1.97 bits per heavy atom. The Labute approximate surface area is 185 Å². The highest BCUT2D eigenvalue weighted by Crippen LogP contribution is 2.29. The zero-order valence-electron chi connectivity index (χ0n) is 18.3. The van der Waals surface area contributed by atoms with E-state index in [1.807, 2.05) is 38.1 Å². The molecule has 0 atom stereocenters. The second kappa shape index (κ2) is 9.87. The zero-order chi connectivity index (χ0) is 22.5. The van der Waals surface area contributed by atoms with Crippen molar-refractivity contribution in [1.82, 2.24) is 9.55 Å². The van der Waals surface area contributed by atoms with Gasteiger partial charge < -0.3 is 10.1 Å². The third-order valence-corrected chi connectivity index (χ3v) is 6.38. The number of rotatable bonds is 8. The van der Waals surface area contributed by atoms with Crippen molar-refractivity contribution in [3.05, 3.63) is 56.4 Å². The third-order valence-electron chi connectivity index (χ3n) is 5.19. The van der Waals surface area contributed by atoms with Gasteiger partial charge in [-0.15, -0.1) is 11.3 Å². The number of thiophene rings is 1. The van der Waals surface area contributed by atoms with Gasteiger partial charge in [-0.25, -0.2) is 4.98 Å². The topological polar surface area (TPSA) is 90.3 Å². The maximum atomic E-state index is 13.3. The lowest BCUT2D eigenvalue weighted by molar-refractivity contribution is -0.140. The number of hydrogen-bond donors (Lipinski definition) is 1. The Morgan fingerprint density at radius 3 is 2.65 bits per heavy atom. The first-order valence-corrected chi connectivity index (χ1v) is 11.2. The third kappa shape index (κ3) is 4.85. The maximum Gasteiger partial charge on any atom is 0.305 e. The Hall–Kier alpha value is -3.00. The van der Waals surface area contributed by atoms with E-state index in [1.54, 1.807) is 11.5 Å². The summed E-state index contributed by atoms with van der Waals surface area (Å²) in [7, 11) is 1.35. The lowest BCUT2D eigenvalue weighted by Crippen LogP contribution is -2.26. The highest BCUT2D eigenvalue weighted by Gasteiger charge is 2.22. The SMILES string of the molecule is CCCc1nc2sc(C(=O)Nc3ccccc3C)c(C)c2c(=O)n1CCCC(=O)OC. The molecular weight excluding hydrogens is 414 g/mol. The molecule has 2 aromatic heterocycles. The number of nitrogens with zero attached hydrogens (tertiary/aromatic N) is 2. The summed E-state index contributed by atoms with van der Waals surface area (Å²) in [5.41, 5.74) is 2.17. The van der Waals surface area contributed by atoms with Crippen LogP contribution in [0.15, 0.2) is 29.1 Å². The minimum atomic E-state index is -0.305. The largest absolute Gasteiger partial charge is 0.469 e. The number of para-hydroxylation sites is 1. The second-order valence-corrected chi connectivity index (χ2v) is 8.42. The van der Waals surface area contributed by atoms with E-state index in [9.17, 15) is 14.4 Å². The lowest BCUT2D eigenvalue weighted by Gasteiger charge is -2.11. The fourth-order valence-electron chi connectivity index (χ4n) is 3.50. The fourth-order valence-corrected chi connectivity index (χ4v) is 4.58. The highest BCUT2D eigenvalue weighted by molar-refractivity contribution is 7.20. The number of benzene rings is 1. The number of carbonyl (C=O) groups is 2. The minimum Gasteiger partial charge on any atom is -0.469 e. The van der Waals surface area contributed by atoms with Crippen LogP contribution in [0.4, 0.5) is 5.69 Å². The summed E-state index contributed by atoms with van der Waals surface area (Å²) in [5, 5.41) is 3.41. The highest BCUT2D eigenvalue weighted by atomic mass is 32.1. The van der Waals surface area contributed by atoms with Crippen molar-refractivity contribution in [3.8, 4) is 0 Å². The number of anilines is 1. The Balaban J connectivity index is 1.99. The molecule has 0 unspecified atom stereocenters. The number of aromatic nitrogens is 2. The molecule has 0 saturated heterocycles. The van der Waals surface area contributed by atoms with Crippen LogP contribution in [-0.4, -0.2) is 28.5 Å². The quantitative estimate of drug-likeness (QED) is 0.528. The van der Waals surface area contributed by atoms with E-state index in [0.717, 1.165) is 17.7 Å². The van der Waals surface area contributed by atoms with Gasteiger partial charge in [-0.2, -0.15) is 0 Å². The number of esters is 1. The standard InChI is InChI=1S/C23H27N3O4S/c1-5-9-17-25-22-19(23(29)26(17)13-8-12-18(27)30-4)15(3)20(31-22)21(28)24-16-11-7-6-10-14(16)2/h6-7,10-11H,5,8-9,12-13H2,1-4H3,(H,24,28). The van der Waals surface area contributed by atoms with Crippen LogP contribution in [0.2, 0.25) is 0 Å². The molecule has 31 heavy (non-hydrogen) atoms. The molecule has 0 bridgehead atoms. The first-order valence-electron chi connectivity index (χ1n) is 10.3. The van der Waals surface area contributed by atoms with E-state index in [-0.39, 0.29) is 23.9 Å². The van der Waals surface area contributed by atoms with Crippen LogP contribution in [-0.2, 0) is 22.5 Å². The predicted octanol–water partition coefficient (Wildman–Crippen LogP) is 4.23. The van der Waals surface area contributed by atoms with Crippen molar-refractivity contribution in [2.75, 3.05) is 12.4 Å². The molecule has 0 fully saturated rings. The molecule has 0 spiro atoms. The van der Waals surface area contributed by atoms with Gasteiger partial charge in [-0.05, 0) is 43.9 Å². The van der Waals surface area contributed by atoms with Gasteiger partial charge in [-0.3, -0.25) is 19.0 Å². The molecule has 164 valence electrons. The van der Waals surface area contributed by atoms with E-state index >= 15 is 0 Å². The molecule has 0 saturated carbocycles. The van der Waals surface area contributed by atoms with Crippen LogP contribution < -0.4 is 10.9 Å². The van der Waals surface area contributed by atoms with Crippen molar-refractivity contribution in [3.63, 3.8) is 0 Å². The van der Waals surface area contributed by atoms with Crippen LogP contribution in [0.5, 0.6) is 0 Å². The van der Waals surface area contributed by atoms with Crippen LogP contribution in [0.3, 0.4) is 0 Å². The van der Waals surface area contributed by atoms with Gasteiger partial charge >= 0.3 is 5.97 Å². The molecule has 7 nitrogen and oxygen atoms in total. The second-order valence-electron chi connectivity index (χ2n) is 7.42. The van der Waals surface area contributed by atoms with Gasteiger partial charge in [0.25, 0.3) is 11.5 Å². The summed E-state index contributed by atoms with van der Waals surface area (Å²) in [4.78, 5) is 43.5. The van der Waals surface area contributed by atoms with Gasteiger partial charge in [0.1, 0.15) is 10.7 Å². The summed E-state index contributed by atoms with van der Waals surface area (Å²) in [6.07, 6.45) is 2.20. The van der Waals surface area contributed by atoms with Gasteiger partial charge in [0.15, 0.2) is 0 Å². The first-order chi connectivity index (χ1) is 14.9. The number of nitrogens with one attached hydrogen (secondary N) is 1. The number of carbonyl (C=O) groups excluding carboxylic acids is 2. The Kier molecular flexibility index (Phi) is 7.22. The minimum absolute atomic E-state index is 0.165. The van der Waals surface area contributed by atoms with E-state index in [4.69, 9.17) is 4.98 Å². The van der Waals surface area contributed by atoms with Gasteiger partial charge in [0.2, 0.25) is 0 Å². The van der Waals surface area contributed by atoms with Crippen molar-refractivity contribution in [2.24, 2.45) is 0 Å². The average Bonchev–Trinajstić information content (AvgIpc) is 3.08. The molecular formula is C23H27N3O4S. The molecule has 0 aliphatic rings. The molecule has 3 aromatic rings. The summed E-state index contributed by atoms with van der Waals surface area (Å²) < 4.78 is 6.32. The van der Waals surface area contributed by atoms with E-state index in [0.29, 0.717) is 45.9 Å². The summed E-state index contributed by atoms with van der Waals surface area (Å²) in [5.74, 6) is 0.126. The lowest BCUT2D eigenvalue weighted by atomic mass is 10.1. The monoisotopic (exact) mass is 441 g/mol. The smallest absolute Gasteiger partial charge is 0.305 e. The van der Waals surface area contributed by atoms with Crippen LogP contribution in [0, 0.1) is 13.8 Å².